The Morgan fingerprint density at radius 1 is 1.17 bits per heavy atom. The number of nitrogens with zero attached hydrogens (tertiary/aromatic N) is 3. The molecular formula is C23H28N4O2. The molecule has 4 rings (SSSR count). The van der Waals surface area contributed by atoms with Gasteiger partial charge in [-0.3, -0.25) is 14.6 Å². The number of aromatic nitrogens is 1. The first-order valence-electron chi connectivity index (χ1n) is 10.3. The second-order valence-electron chi connectivity index (χ2n) is 8.26. The predicted molar refractivity (Wildman–Crippen MR) is 112 cm³/mol. The highest BCUT2D eigenvalue weighted by Crippen LogP contribution is 2.40. The Labute approximate surface area is 171 Å². The molecule has 2 aromatic rings. The molecule has 152 valence electrons. The fraction of sp³-hybridized carbons (Fsp3) is 0.435. The van der Waals surface area contributed by atoms with Gasteiger partial charge in [0.05, 0.1) is 17.8 Å². The number of hydrogen-bond donors (Lipinski definition) is 1. The summed E-state index contributed by atoms with van der Waals surface area (Å²) in [6, 6.07) is 13.6. The number of carbonyl (C=O) groups is 2. The molecule has 0 spiro atoms. The van der Waals surface area contributed by atoms with Crippen molar-refractivity contribution in [3.8, 4) is 0 Å². The zero-order chi connectivity index (χ0) is 20.4. The molecule has 1 aliphatic carbocycles. The zero-order valence-corrected chi connectivity index (χ0v) is 17.0. The summed E-state index contributed by atoms with van der Waals surface area (Å²) < 4.78 is 0. The molecule has 2 amide bonds. The topological polar surface area (TPSA) is 65.5 Å². The number of para-hydroxylation sites is 1. The van der Waals surface area contributed by atoms with E-state index in [0.29, 0.717) is 30.4 Å². The van der Waals surface area contributed by atoms with Crippen LogP contribution in [-0.2, 0) is 11.3 Å². The van der Waals surface area contributed by atoms with E-state index in [2.05, 4.69) is 10.3 Å². The van der Waals surface area contributed by atoms with Crippen LogP contribution in [0.3, 0.4) is 0 Å². The number of nitrogens with one attached hydrogen (secondary N) is 1. The lowest BCUT2D eigenvalue weighted by Gasteiger charge is -2.31. The minimum Gasteiger partial charge on any atom is -0.379 e. The molecule has 0 bridgehead atoms. The quantitative estimate of drug-likeness (QED) is 0.850. The van der Waals surface area contributed by atoms with E-state index in [1.54, 1.807) is 6.20 Å². The Bertz CT molecular complexity index is 885. The first-order chi connectivity index (χ1) is 14.0. The van der Waals surface area contributed by atoms with Gasteiger partial charge in [0, 0.05) is 45.0 Å². The molecule has 1 aromatic heterocycles. The van der Waals surface area contributed by atoms with Gasteiger partial charge in [-0.05, 0) is 48.9 Å². The first kappa shape index (κ1) is 19.4. The fourth-order valence-corrected chi connectivity index (χ4v) is 4.67. The maximum atomic E-state index is 13.3. The summed E-state index contributed by atoms with van der Waals surface area (Å²) in [7, 11) is 3.77. The van der Waals surface area contributed by atoms with Crippen molar-refractivity contribution in [2.45, 2.75) is 31.8 Å². The third-order valence-corrected chi connectivity index (χ3v) is 6.40. The minimum absolute atomic E-state index is 0.0254. The van der Waals surface area contributed by atoms with Gasteiger partial charge in [0.15, 0.2) is 0 Å². The number of likely N-dealkylation sites (tertiary alicyclic amines) is 1. The third kappa shape index (κ3) is 4.11. The molecule has 0 radical (unpaired) electrons. The van der Waals surface area contributed by atoms with Crippen LogP contribution in [0.4, 0.5) is 5.69 Å². The van der Waals surface area contributed by atoms with E-state index in [1.807, 2.05) is 66.4 Å². The Morgan fingerprint density at radius 2 is 1.93 bits per heavy atom. The van der Waals surface area contributed by atoms with Crippen molar-refractivity contribution < 1.29 is 9.59 Å². The third-order valence-electron chi connectivity index (χ3n) is 6.40. The summed E-state index contributed by atoms with van der Waals surface area (Å²) in [5.41, 5.74) is 2.42. The molecule has 1 saturated heterocycles. The van der Waals surface area contributed by atoms with Crippen molar-refractivity contribution >= 4 is 17.5 Å². The number of rotatable bonds is 5. The SMILES string of the molecule is CN1C[C@@H]2C[C@H](N(C)C(=O)c3ccccc3NCc3ccccn3)C[C@@H]2CC1=O. The summed E-state index contributed by atoms with van der Waals surface area (Å²) in [5, 5.41) is 3.36. The average Bonchev–Trinajstić information content (AvgIpc) is 3.15. The van der Waals surface area contributed by atoms with Crippen LogP contribution >= 0.6 is 0 Å². The Hall–Kier alpha value is -2.89. The van der Waals surface area contributed by atoms with Gasteiger partial charge in [-0.1, -0.05) is 18.2 Å². The molecule has 2 heterocycles. The van der Waals surface area contributed by atoms with E-state index in [0.717, 1.165) is 30.8 Å². The number of pyridine rings is 1. The maximum Gasteiger partial charge on any atom is 0.255 e. The standard InChI is InChI=1S/C23H28N4O2/c1-26-15-17-12-19(11-16(17)13-22(26)28)27(2)23(29)20-8-3-4-9-21(20)25-14-18-7-5-6-10-24-18/h3-10,16-17,19,25H,11-15H2,1-2H3/t16-,17+,19-/m1/s1. The van der Waals surface area contributed by atoms with Crippen LogP contribution in [0.15, 0.2) is 48.7 Å². The van der Waals surface area contributed by atoms with Gasteiger partial charge in [0.2, 0.25) is 5.91 Å². The molecule has 0 unspecified atom stereocenters. The molecular weight excluding hydrogens is 364 g/mol. The lowest BCUT2D eigenvalue weighted by molar-refractivity contribution is -0.134. The highest BCUT2D eigenvalue weighted by atomic mass is 16.2. The lowest BCUT2D eigenvalue weighted by atomic mass is 9.88. The number of hydrogen-bond acceptors (Lipinski definition) is 4. The minimum atomic E-state index is 0.0254. The second kappa shape index (κ2) is 8.23. The van der Waals surface area contributed by atoms with E-state index < -0.39 is 0 Å². The molecule has 3 atom stereocenters. The van der Waals surface area contributed by atoms with Crippen molar-refractivity contribution in [2.75, 3.05) is 26.0 Å². The number of benzene rings is 1. The van der Waals surface area contributed by atoms with E-state index in [9.17, 15) is 9.59 Å². The number of anilines is 1. The van der Waals surface area contributed by atoms with Crippen molar-refractivity contribution in [1.29, 1.82) is 0 Å². The predicted octanol–water partition coefficient (Wildman–Crippen LogP) is 3.02. The van der Waals surface area contributed by atoms with Crippen molar-refractivity contribution in [2.24, 2.45) is 11.8 Å². The fourth-order valence-electron chi connectivity index (χ4n) is 4.67. The summed E-state index contributed by atoms with van der Waals surface area (Å²) >= 11 is 0. The smallest absolute Gasteiger partial charge is 0.255 e. The Balaban J connectivity index is 1.45. The van der Waals surface area contributed by atoms with Crippen LogP contribution in [0, 0.1) is 11.8 Å². The van der Waals surface area contributed by atoms with Crippen LogP contribution in [0.5, 0.6) is 0 Å². The number of amides is 2. The summed E-state index contributed by atoms with van der Waals surface area (Å²) in [4.78, 5) is 33.4. The molecule has 1 aromatic carbocycles. The normalized spacial score (nSPS) is 23.6. The van der Waals surface area contributed by atoms with Crippen molar-refractivity contribution in [3.63, 3.8) is 0 Å². The first-order valence-corrected chi connectivity index (χ1v) is 10.3. The van der Waals surface area contributed by atoms with Crippen molar-refractivity contribution in [3.05, 3.63) is 59.9 Å². The molecule has 1 N–H and O–H groups in total. The van der Waals surface area contributed by atoms with Crippen LogP contribution in [-0.4, -0.2) is 53.3 Å². The maximum absolute atomic E-state index is 13.3. The van der Waals surface area contributed by atoms with Gasteiger partial charge in [-0.15, -0.1) is 0 Å². The van der Waals surface area contributed by atoms with Gasteiger partial charge in [-0.25, -0.2) is 0 Å². The summed E-state index contributed by atoms with van der Waals surface area (Å²) in [6.07, 6.45) is 4.26. The summed E-state index contributed by atoms with van der Waals surface area (Å²) in [5.74, 6) is 1.15. The zero-order valence-electron chi connectivity index (χ0n) is 17.0. The van der Waals surface area contributed by atoms with Gasteiger partial charge < -0.3 is 15.1 Å². The second-order valence-corrected chi connectivity index (χ2v) is 8.26. The monoisotopic (exact) mass is 392 g/mol. The van der Waals surface area contributed by atoms with Gasteiger partial charge >= 0.3 is 0 Å². The van der Waals surface area contributed by atoms with Gasteiger partial charge in [0.1, 0.15) is 0 Å². The van der Waals surface area contributed by atoms with E-state index in [-0.39, 0.29) is 17.9 Å². The number of carbonyl (C=O) groups excluding carboxylic acids is 2. The van der Waals surface area contributed by atoms with Gasteiger partial charge in [-0.2, -0.15) is 0 Å². The summed E-state index contributed by atoms with van der Waals surface area (Å²) in [6.45, 7) is 1.38. The van der Waals surface area contributed by atoms with Crippen molar-refractivity contribution in [1.82, 2.24) is 14.8 Å². The van der Waals surface area contributed by atoms with Crippen LogP contribution in [0.1, 0.15) is 35.3 Å². The number of fused-ring (bicyclic) bond motifs is 1. The van der Waals surface area contributed by atoms with Gasteiger partial charge in [0.25, 0.3) is 5.91 Å². The highest BCUT2D eigenvalue weighted by Gasteiger charge is 2.42. The molecule has 2 fully saturated rings. The molecule has 6 heteroatoms. The molecule has 29 heavy (non-hydrogen) atoms. The van der Waals surface area contributed by atoms with E-state index in [1.165, 1.54) is 0 Å². The van der Waals surface area contributed by atoms with Crippen LogP contribution in [0.25, 0.3) is 0 Å². The van der Waals surface area contributed by atoms with E-state index in [4.69, 9.17) is 0 Å². The largest absolute Gasteiger partial charge is 0.379 e. The molecule has 6 nitrogen and oxygen atoms in total. The number of piperidine rings is 1. The molecule has 2 aliphatic rings. The Morgan fingerprint density at radius 3 is 2.72 bits per heavy atom. The molecule has 1 aliphatic heterocycles. The van der Waals surface area contributed by atoms with Crippen LogP contribution < -0.4 is 5.32 Å². The molecule has 1 saturated carbocycles. The van der Waals surface area contributed by atoms with Crippen LogP contribution in [0.2, 0.25) is 0 Å². The van der Waals surface area contributed by atoms with E-state index >= 15 is 0 Å². The highest BCUT2D eigenvalue weighted by molar-refractivity contribution is 5.99. The lowest BCUT2D eigenvalue weighted by Crippen LogP contribution is -2.40. The average molecular weight is 393 g/mol. The Kier molecular flexibility index (Phi) is 5.51.